The fourth-order valence-corrected chi connectivity index (χ4v) is 3.10. The average Bonchev–Trinajstić information content (AvgIpc) is 2.73. The van der Waals surface area contributed by atoms with Gasteiger partial charge in [-0.25, -0.2) is 4.98 Å². The number of anilines is 1. The second-order valence-electron chi connectivity index (χ2n) is 6.19. The summed E-state index contributed by atoms with van der Waals surface area (Å²) >= 11 is 6.15. The summed E-state index contributed by atoms with van der Waals surface area (Å²) in [6.45, 7) is 0.271. The van der Waals surface area contributed by atoms with E-state index in [1.54, 1.807) is 18.2 Å². The average molecular weight is 407 g/mol. The van der Waals surface area contributed by atoms with Crippen LogP contribution in [0.2, 0.25) is 5.02 Å². The van der Waals surface area contributed by atoms with Crippen molar-refractivity contribution >= 4 is 33.9 Å². The van der Waals surface area contributed by atoms with Crippen molar-refractivity contribution in [2.24, 2.45) is 0 Å². The lowest BCUT2D eigenvalue weighted by atomic mass is 10.1. The SMILES string of the molecule is O=[N+]([O-])c1c(NCc2ccccc2Cl)ncnc1Oc1ccc2ccccc2c1. The molecule has 0 atom stereocenters. The number of benzene rings is 3. The number of nitrogens with one attached hydrogen (secondary N) is 1. The summed E-state index contributed by atoms with van der Waals surface area (Å²) in [6, 6.07) is 20.4. The van der Waals surface area contributed by atoms with Gasteiger partial charge in [0.2, 0.25) is 5.82 Å². The number of halogens is 1. The predicted octanol–water partition coefficient (Wildman–Crippen LogP) is 5.60. The smallest absolute Gasteiger partial charge is 0.373 e. The summed E-state index contributed by atoms with van der Waals surface area (Å²) in [4.78, 5) is 19.1. The number of rotatable bonds is 6. The Balaban J connectivity index is 1.63. The fraction of sp³-hybridized carbons (Fsp3) is 0.0476. The van der Waals surface area contributed by atoms with Crippen molar-refractivity contribution in [3.8, 4) is 11.6 Å². The van der Waals surface area contributed by atoms with Crippen LogP contribution in [0.5, 0.6) is 11.6 Å². The molecule has 0 bridgehead atoms. The van der Waals surface area contributed by atoms with Gasteiger partial charge in [-0.1, -0.05) is 60.1 Å². The third kappa shape index (κ3) is 4.09. The van der Waals surface area contributed by atoms with Gasteiger partial charge in [-0.15, -0.1) is 0 Å². The second kappa shape index (κ2) is 8.12. The highest BCUT2D eigenvalue weighted by molar-refractivity contribution is 6.31. The predicted molar refractivity (Wildman–Crippen MR) is 111 cm³/mol. The van der Waals surface area contributed by atoms with Crippen LogP contribution in [-0.2, 0) is 6.54 Å². The number of hydrogen-bond donors (Lipinski definition) is 1. The lowest BCUT2D eigenvalue weighted by Gasteiger charge is -2.10. The molecule has 7 nitrogen and oxygen atoms in total. The van der Waals surface area contributed by atoms with Gasteiger partial charge in [0.1, 0.15) is 12.1 Å². The maximum absolute atomic E-state index is 11.7. The lowest BCUT2D eigenvalue weighted by Crippen LogP contribution is -2.07. The number of nitro groups is 1. The molecule has 0 aliphatic carbocycles. The normalized spacial score (nSPS) is 10.7. The Hall–Kier alpha value is -3.71. The van der Waals surface area contributed by atoms with E-state index in [-0.39, 0.29) is 23.9 Å². The van der Waals surface area contributed by atoms with Gasteiger partial charge in [-0.05, 0) is 34.5 Å². The Morgan fingerprint density at radius 3 is 2.55 bits per heavy atom. The number of hydrogen-bond acceptors (Lipinski definition) is 6. The molecule has 0 fully saturated rings. The zero-order chi connectivity index (χ0) is 20.2. The van der Waals surface area contributed by atoms with Crippen LogP contribution in [0.4, 0.5) is 11.5 Å². The Kier molecular flexibility index (Phi) is 5.22. The molecule has 4 aromatic rings. The molecule has 144 valence electrons. The van der Waals surface area contributed by atoms with Crippen molar-refractivity contribution in [3.05, 3.63) is 93.8 Å². The van der Waals surface area contributed by atoms with Crippen LogP contribution in [0.3, 0.4) is 0 Å². The van der Waals surface area contributed by atoms with Crippen molar-refractivity contribution in [2.75, 3.05) is 5.32 Å². The standard InChI is InChI=1S/C21H15ClN4O3/c22-18-8-4-3-7-16(18)12-23-20-19(26(27)28)21(25-13-24-20)29-17-10-9-14-5-1-2-6-15(14)11-17/h1-11,13H,12H2,(H,23,24,25). The van der Waals surface area contributed by atoms with Crippen LogP contribution < -0.4 is 10.1 Å². The van der Waals surface area contributed by atoms with Crippen LogP contribution in [0.15, 0.2) is 73.1 Å². The quantitative estimate of drug-likeness (QED) is 0.331. The summed E-state index contributed by atoms with van der Waals surface area (Å²) in [5.74, 6) is 0.366. The Labute approximate surface area is 171 Å². The minimum absolute atomic E-state index is 0.0562. The highest BCUT2D eigenvalue weighted by atomic mass is 35.5. The Morgan fingerprint density at radius 1 is 1.00 bits per heavy atom. The molecule has 0 saturated carbocycles. The largest absolute Gasteiger partial charge is 0.434 e. The topological polar surface area (TPSA) is 90.2 Å². The monoisotopic (exact) mass is 406 g/mol. The summed E-state index contributed by atoms with van der Waals surface area (Å²) in [7, 11) is 0. The zero-order valence-electron chi connectivity index (χ0n) is 15.1. The first-order chi connectivity index (χ1) is 14.1. The van der Waals surface area contributed by atoms with Crippen molar-refractivity contribution in [1.82, 2.24) is 9.97 Å². The molecular formula is C21H15ClN4O3. The second-order valence-corrected chi connectivity index (χ2v) is 6.60. The molecule has 1 heterocycles. The molecule has 0 saturated heterocycles. The van der Waals surface area contributed by atoms with Gasteiger partial charge in [0, 0.05) is 11.6 Å². The van der Waals surface area contributed by atoms with Gasteiger partial charge in [0.05, 0.1) is 4.92 Å². The van der Waals surface area contributed by atoms with Crippen LogP contribution in [0, 0.1) is 10.1 Å². The Bertz CT molecular complexity index is 1200. The molecule has 4 rings (SSSR count). The fourth-order valence-electron chi connectivity index (χ4n) is 2.89. The lowest BCUT2D eigenvalue weighted by molar-refractivity contribution is -0.385. The van der Waals surface area contributed by atoms with Gasteiger partial charge >= 0.3 is 11.6 Å². The van der Waals surface area contributed by atoms with Crippen LogP contribution in [-0.4, -0.2) is 14.9 Å². The summed E-state index contributed by atoms with van der Waals surface area (Å²) in [5.41, 5.74) is 0.451. The minimum atomic E-state index is -0.564. The summed E-state index contributed by atoms with van der Waals surface area (Å²) in [5, 5.41) is 17.2. The van der Waals surface area contributed by atoms with Gasteiger partial charge < -0.3 is 10.1 Å². The third-order valence-electron chi connectivity index (χ3n) is 4.31. The molecule has 29 heavy (non-hydrogen) atoms. The number of fused-ring (bicyclic) bond motifs is 1. The molecular weight excluding hydrogens is 392 g/mol. The van der Waals surface area contributed by atoms with E-state index < -0.39 is 4.92 Å². The minimum Gasteiger partial charge on any atom is -0.434 e. The molecule has 0 amide bonds. The van der Waals surface area contributed by atoms with Crippen molar-refractivity contribution in [2.45, 2.75) is 6.54 Å². The van der Waals surface area contributed by atoms with Crippen LogP contribution in [0.25, 0.3) is 10.8 Å². The molecule has 0 aliphatic rings. The number of ether oxygens (including phenoxy) is 1. The van der Waals surface area contributed by atoms with Crippen molar-refractivity contribution in [3.63, 3.8) is 0 Å². The first-order valence-electron chi connectivity index (χ1n) is 8.75. The van der Waals surface area contributed by atoms with E-state index in [1.807, 2.05) is 48.5 Å². The van der Waals surface area contributed by atoms with E-state index in [4.69, 9.17) is 16.3 Å². The maximum atomic E-state index is 11.7. The molecule has 1 aromatic heterocycles. The molecule has 1 N–H and O–H groups in total. The van der Waals surface area contributed by atoms with E-state index in [0.717, 1.165) is 16.3 Å². The zero-order valence-corrected chi connectivity index (χ0v) is 15.8. The molecule has 0 aliphatic heterocycles. The molecule has 0 unspecified atom stereocenters. The van der Waals surface area contributed by atoms with Crippen LogP contribution >= 0.6 is 11.6 Å². The van der Waals surface area contributed by atoms with Crippen molar-refractivity contribution in [1.29, 1.82) is 0 Å². The summed E-state index contributed by atoms with van der Waals surface area (Å²) in [6.07, 6.45) is 1.22. The first kappa shape index (κ1) is 18.6. The van der Waals surface area contributed by atoms with E-state index in [0.29, 0.717) is 10.8 Å². The van der Waals surface area contributed by atoms with E-state index in [2.05, 4.69) is 15.3 Å². The molecule has 0 radical (unpaired) electrons. The number of nitrogens with zero attached hydrogens (tertiary/aromatic N) is 3. The Morgan fingerprint density at radius 2 is 1.76 bits per heavy atom. The molecule has 0 spiro atoms. The third-order valence-corrected chi connectivity index (χ3v) is 4.68. The maximum Gasteiger partial charge on any atom is 0.373 e. The van der Waals surface area contributed by atoms with E-state index in [9.17, 15) is 10.1 Å². The van der Waals surface area contributed by atoms with Crippen LogP contribution in [0.1, 0.15) is 5.56 Å². The van der Waals surface area contributed by atoms with E-state index in [1.165, 1.54) is 6.33 Å². The molecule has 3 aromatic carbocycles. The highest BCUT2D eigenvalue weighted by Crippen LogP contribution is 2.35. The summed E-state index contributed by atoms with van der Waals surface area (Å²) < 4.78 is 5.74. The van der Waals surface area contributed by atoms with E-state index >= 15 is 0 Å². The highest BCUT2D eigenvalue weighted by Gasteiger charge is 2.25. The number of aromatic nitrogens is 2. The first-order valence-corrected chi connectivity index (χ1v) is 9.13. The van der Waals surface area contributed by atoms with Gasteiger partial charge in [0.25, 0.3) is 0 Å². The molecule has 8 heteroatoms. The van der Waals surface area contributed by atoms with Crippen molar-refractivity contribution < 1.29 is 9.66 Å². The van der Waals surface area contributed by atoms with Gasteiger partial charge in [-0.3, -0.25) is 10.1 Å². The van der Waals surface area contributed by atoms with Gasteiger partial charge in [-0.2, -0.15) is 4.98 Å². The van der Waals surface area contributed by atoms with Gasteiger partial charge in [0.15, 0.2) is 0 Å².